The van der Waals surface area contributed by atoms with E-state index in [2.05, 4.69) is 84.2 Å². The molecule has 3 heteroatoms. The predicted octanol–water partition coefficient (Wildman–Crippen LogP) is 4.27. The highest BCUT2D eigenvalue weighted by Gasteiger charge is 2.32. The van der Waals surface area contributed by atoms with Crippen molar-refractivity contribution >= 4 is 22.6 Å². The third-order valence-corrected chi connectivity index (χ3v) is 4.80. The molecular weight excluding hydrogens is 373 g/mol. The second-order valence-corrected chi connectivity index (χ2v) is 7.45. The van der Waals surface area contributed by atoms with Crippen LogP contribution in [0.15, 0.2) is 42.5 Å². The van der Waals surface area contributed by atoms with Gasteiger partial charge in [0.15, 0.2) is 0 Å². The van der Waals surface area contributed by atoms with Crippen molar-refractivity contribution in [3.05, 3.63) is 62.7 Å². The maximum absolute atomic E-state index is 5.79. The summed E-state index contributed by atoms with van der Waals surface area (Å²) < 4.78 is 7.04. The highest BCUT2D eigenvalue weighted by molar-refractivity contribution is 14.1. The monoisotopic (exact) mass is 393 g/mol. The average molecular weight is 393 g/mol. The number of ether oxygens (including phenoxy) is 1. The molecule has 0 bridgehead atoms. The molecule has 1 aliphatic rings. The van der Waals surface area contributed by atoms with Crippen molar-refractivity contribution in [1.82, 2.24) is 5.32 Å². The van der Waals surface area contributed by atoms with Gasteiger partial charge in [-0.1, -0.05) is 32.0 Å². The zero-order valence-electron chi connectivity index (χ0n) is 12.6. The van der Waals surface area contributed by atoms with Crippen molar-refractivity contribution < 1.29 is 4.74 Å². The average Bonchev–Trinajstić information content (AvgIpc) is 2.76. The minimum absolute atomic E-state index is 0.0920. The lowest BCUT2D eigenvalue weighted by Gasteiger charge is -2.21. The predicted molar refractivity (Wildman–Crippen MR) is 95.0 cm³/mol. The molecule has 1 heterocycles. The van der Waals surface area contributed by atoms with E-state index in [1.54, 1.807) is 0 Å². The van der Waals surface area contributed by atoms with E-state index in [9.17, 15) is 0 Å². The summed E-state index contributed by atoms with van der Waals surface area (Å²) in [4.78, 5) is 0. The van der Waals surface area contributed by atoms with Gasteiger partial charge in [0.1, 0.15) is 5.75 Å². The number of nitrogens with one attached hydrogen (secondary N) is 1. The molecule has 0 spiro atoms. The number of rotatable bonds is 3. The first-order chi connectivity index (χ1) is 10.0. The van der Waals surface area contributed by atoms with Crippen LogP contribution in [0.1, 0.15) is 36.6 Å². The lowest BCUT2D eigenvalue weighted by molar-refractivity contribution is 0.291. The highest BCUT2D eigenvalue weighted by atomic mass is 127. The number of halogens is 1. The van der Waals surface area contributed by atoms with Crippen LogP contribution in [-0.2, 0) is 5.41 Å². The lowest BCUT2D eigenvalue weighted by atomic mass is 9.85. The Kier molecular flexibility index (Phi) is 3.97. The van der Waals surface area contributed by atoms with Gasteiger partial charge >= 0.3 is 0 Å². The van der Waals surface area contributed by atoms with Gasteiger partial charge in [-0.2, -0.15) is 0 Å². The van der Waals surface area contributed by atoms with Crippen molar-refractivity contribution in [2.24, 2.45) is 0 Å². The standard InChI is InChI=1S/C18H20INO/c1-18(2)11-21-16-8-7-13(10-15(16)18)17(20-3)12-5-4-6-14(19)9-12/h4-10,17,20H,11H2,1-3H3. The maximum Gasteiger partial charge on any atom is 0.123 e. The van der Waals surface area contributed by atoms with Crippen LogP contribution < -0.4 is 10.1 Å². The fraction of sp³-hybridized carbons (Fsp3) is 0.333. The van der Waals surface area contributed by atoms with E-state index < -0.39 is 0 Å². The molecule has 0 saturated heterocycles. The van der Waals surface area contributed by atoms with E-state index in [-0.39, 0.29) is 11.5 Å². The van der Waals surface area contributed by atoms with Crippen molar-refractivity contribution in [2.45, 2.75) is 25.3 Å². The lowest BCUT2D eigenvalue weighted by Crippen LogP contribution is -2.20. The molecule has 0 saturated carbocycles. The minimum atomic E-state index is 0.0920. The topological polar surface area (TPSA) is 21.3 Å². The Labute approximate surface area is 140 Å². The fourth-order valence-electron chi connectivity index (χ4n) is 2.93. The van der Waals surface area contributed by atoms with Crippen molar-refractivity contribution in [3.8, 4) is 5.75 Å². The Morgan fingerprint density at radius 2 is 1.90 bits per heavy atom. The van der Waals surface area contributed by atoms with Crippen LogP contribution in [0, 0.1) is 3.57 Å². The van der Waals surface area contributed by atoms with Crippen LogP contribution in [0.25, 0.3) is 0 Å². The van der Waals surface area contributed by atoms with Crippen LogP contribution in [0.3, 0.4) is 0 Å². The molecule has 110 valence electrons. The van der Waals surface area contributed by atoms with Gasteiger partial charge in [-0.15, -0.1) is 0 Å². The van der Waals surface area contributed by atoms with Gasteiger partial charge in [-0.25, -0.2) is 0 Å². The Bertz CT molecular complexity index is 666. The van der Waals surface area contributed by atoms with E-state index >= 15 is 0 Å². The van der Waals surface area contributed by atoms with Crippen LogP contribution >= 0.6 is 22.6 Å². The van der Waals surface area contributed by atoms with E-state index in [1.807, 2.05) is 7.05 Å². The number of hydrogen-bond donors (Lipinski definition) is 1. The molecule has 1 N–H and O–H groups in total. The summed E-state index contributed by atoms with van der Waals surface area (Å²) in [5.41, 5.74) is 3.98. The second kappa shape index (κ2) is 5.61. The van der Waals surface area contributed by atoms with Crippen molar-refractivity contribution in [3.63, 3.8) is 0 Å². The fourth-order valence-corrected chi connectivity index (χ4v) is 3.50. The first-order valence-electron chi connectivity index (χ1n) is 7.21. The second-order valence-electron chi connectivity index (χ2n) is 6.20. The molecule has 0 aromatic heterocycles. The summed E-state index contributed by atoms with van der Waals surface area (Å²) in [6.07, 6.45) is 0. The van der Waals surface area contributed by atoms with Crippen molar-refractivity contribution in [2.75, 3.05) is 13.7 Å². The normalized spacial score (nSPS) is 17.1. The smallest absolute Gasteiger partial charge is 0.123 e. The zero-order valence-corrected chi connectivity index (χ0v) is 14.8. The maximum atomic E-state index is 5.79. The van der Waals surface area contributed by atoms with Gasteiger partial charge in [0, 0.05) is 14.5 Å². The third kappa shape index (κ3) is 2.81. The molecular formula is C18H20INO. The van der Waals surface area contributed by atoms with Crippen LogP contribution in [0.2, 0.25) is 0 Å². The molecule has 0 aliphatic carbocycles. The highest BCUT2D eigenvalue weighted by Crippen LogP contribution is 2.40. The molecule has 21 heavy (non-hydrogen) atoms. The summed E-state index contributed by atoms with van der Waals surface area (Å²) >= 11 is 2.36. The van der Waals surface area contributed by atoms with E-state index in [0.29, 0.717) is 0 Å². The summed E-state index contributed by atoms with van der Waals surface area (Å²) in [7, 11) is 2.01. The van der Waals surface area contributed by atoms with Crippen LogP contribution in [-0.4, -0.2) is 13.7 Å². The molecule has 1 aliphatic heterocycles. The Morgan fingerprint density at radius 3 is 2.62 bits per heavy atom. The number of hydrogen-bond acceptors (Lipinski definition) is 2. The van der Waals surface area contributed by atoms with Gasteiger partial charge in [0.05, 0.1) is 12.6 Å². The molecule has 1 unspecified atom stereocenters. The SMILES string of the molecule is CNC(c1cccc(I)c1)c1ccc2c(c1)C(C)(C)CO2. The van der Waals surface area contributed by atoms with Crippen molar-refractivity contribution in [1.29, 1.82) is 0 Å². The molecule has 0 radical (unpaired) electrons. The van der Waals surface area contributed by atoms with E-state index in [4.69, 9.17) is 4.74 Å². The molecule has 2 aromatic rings. The largest absolute Gasteiger partial charge is 0.492 e. The van der Waals surface area contributed by atoms with E-state index in [0.717, 1.165) is 12.4 Å². The van der Waals surface area contributed by atoms with Crippen LogP contribution in [0.4, 0.5) is 0 Å². The molecule has 2 aromatic carbocycles. The van der Waals surface area contributed by atoms with Gasteiger partial charge in [-0.3, -0.25) is 0 Å². The third-order valence-electron chi connectivity index (χ3n) is 4.13. The summed E-state index contributed by atoms with van der Waals surface area (Å²) in [5.74, 6) is 1.03. The van der Waals surface area contributed by atoms with Crippen LogP contribution in [0.5, 0.6) is 5.75 Å². The summed E-state index contributed by atoms with van der Waals surface area (Å²) in [6, 6.07) is 15.4. The summed E-state index contributed by atoms with van der Waals surface area (Å²) in [6.45, 7) is 5.24. The Hall–Kier alpha value is -1.07. The van der Waals surface area contributed by atoms with Gasteiger partial charge in [0.2, 0.25) is 0 Å². The zero-order chi connectivity index (χ0) is 15.0. The molecule has 0 fully saturated rings. The number of fused-ring (bicyclic) bond motifs is 1. The first-order valence-corrected chi connectivity index (χ1v) is 8.29. The molecule has 0 amide bonds. The number of benzene rings is 2. The molecule has 3 rings (SSSR count). The Balaban J connectivity index is 2.03. The minimum Gasteiger partial charge on any atom is -0.492 e. The molecule has 1 atom stereocenters. The van der Waals surface area contributed by atoms with E-state index in [1.165, 1.54) is 20.3 Å². The summed E-state index contributed by atoms with van der Waals surface area (Å²) in [5, 5.41) is 3.44. The van der Waals surface area contributed by atoms with Gasteiger partial charge in [-0.05, 0) is 65.0 Å². The quantitative estimate of drug-likeness (QED) is 0.787. The first kappa shape index (κ1) is 14.9. The van der Waals surface area contributed by atoms with Gasteiger partial charge < -0.3 is 10.1 Å². The molecule has 2 nitrogen and oxygen atoms in total. The Morgan fingerprint density at radius 1 is 1.14 bits per heavy atom. The van der Waals surface area contributed by atoms with Gasteiger partial charge in [0.25, 0.3) is 0 Å².